The predicted octanol–water partition coefficient (Wildman–Crippen LogP) is 2.57. The van der Waals surface area contributed by atoms with Crippen LogP contribution in [0.3, 0.4) is 0 Å². The van der Waals surface area contributed by atoms with Gasteiger partial charge in [0.1, 0.15) is 0 Å². The molecule has 2 heteroatoms. The molecule has 2 atom stereocenters. The molecule has 0 aromatic rings. The molecule has 1 aliphatic rings. The average molecular weight is 221 g/mol. The second-order valence-electron chi connectivity index (χ2n) is 4.24. The molecule has 0 radical (unpaired) electrons. The van der Waals surface area contributed by atoms with Crippen molar-refractivity contribution in [2.24, 2.45) is 0 Å². The van der Waals surface area contributed by atoms with Gasteiger partial charge in [-0.2, -0.15) is 0 Å². The highest BCUT2D eigenvalue weighted by Crippen LogP contribution is 2.17. The van der Waals surface area contributed by atoms with Crippen molar-refractivity contribution in [3.05, 3.63) is 36.5 Å². The van der Waals surface area contributed by atoms with Crippen LogP contribution in [0.1, 0.15) is 32.6 Å². The zero-order valence-electron chi connectivity index (χ0n) is 10.2. The number of aliphatic hydroxyl groups excluding tert-OH is 1. The fourth-order valence-electron chi connectivity index (χ4n) is 2.10. The van der Waals surface area contributed by atoms with E-state index in [2.05, 4.69) is 11.9 Å². The Labute approximate surface area is 98.8 Å². The third-order valence-corrected chi connectivity index (χ3v) is 3.08. The van der Waals surface area contributed by atoms with Crippen molar-refractivity contribution in [1.29, 1.82) is 0 Å². The minimum absolute atomic E-state index is 0.197. The Morgan fingerprint density at radius 2 is 2.25 bits per heavy atom. The standard InChI is InChI=1S/C14H23NO/c1-3-5-9-12(4-2)14(16)13-10-7-6-8-11-15-13/h3-5,9,13-16H,1,6-8,10-11H2,2H3/b9-5-,12-4+. The average Bonchev–Trinajstić information content (AvgIpc) is 2.58. The summed E-state index contributed by atoms with van der Waals surface area (Å²) in [5.41, 5.74) is 0.972. The number of hydrogen-bond donors (Lipinski definition) is 2. The van der Waals surface area contributed by atoms with Gasteiger partial charge < -0.3 is 10.4 Å². The van der Waals surface area contributed by atoms with Crippen LogP contribution in [0.15, 0.2) is 36.5 Å². The molecule has 0 saturated carbocycles. The largest absolute Gasteiger partial charge is 0.387 e. The maximum absolute atomic E-state index is 10.3. The fourth-order valence-corrected chi connectivity index (χ4v) is 2.10. The summed E-state index contributed by atoms with van der Waals surface area (Å²) in [6.45, 7) is 6.62. The van der Waals surface area contributed by atoms with Crippen LogP contribution in [-0.4, -0.2) is 23.8 Å². The first-order chi connectivity index (χ1) is 7.79. The second kappa shape index (κ2) is 7.42. The molecule has 1 rings (SSSR count). The molecule has 2 unspecified atom stereocenters. The molecular formula is C14H23NO. The lowest BCUT2D eigenvalue weighted by Gasteiger charge is -2.23. The lowest BCUT2D eigenvalue weighted by Crippen LogP contribution is -2.40. The Morgan fingerprint density at radius 3 is 2.94 bits per heavy atom. The minimum Gasteiger partial charge on any atom is -0.387 e. The van der Waals surface area contributed by atoms with Gasteiger partial charge in [-0.25, -0.2) is 0 Å². The molecule has 2 nitrogen and oxygen atoms in total. The van der Waals surface area contributed by atoms with Crippen LogP contribution in [-0.2, 0) is 0 Å². The molecule has 0 aromatic heterocycles. The van der Waals surface area contributed by atoms with Gasteiger partial charge in [-0.3, -0.25) is 0 Å². The molecule has 1 fully saturated rings. The van der Waals surface area contributed by atoms with Crippen LogP contribution in [0.4, 0.5) is 0 Å². The van der Waals surface area contributed by atoms with Gasteiger partial charge in [-0.15, -0.1) is 0 Å². The molecule has 1 aliphatic heterocycles. The summed E-state index contributed by atoms with van der Waals surface area (Å²) in [6, 6.07) is 0.197. The highest BCUT2D eigenvalue weighted by molar-refractivity contribution is 5.26. The van der Waals surface area contributed by atoms with E-state index in [0.717, 1.165) is 18.5 Å². The number of aliphatic hydroxyl groups is 1. The molecule has 0 aliphatic carbocycles. The van der Waals surface area contributed by atoms with Gasteiger partial charge in [0.15, 0.2) is 0 Å². The third kappa shape index (κ3) is 3.95. The van der Waals surface area contributed by atoms with E-state index in [1.807, 2.05) is 25.2 Å². The number of nitrogens with one attached hydrogen (secondary N) is 1. The topological polar surface area (TPSA) is 32.3 Å². The van der Waals surface area contributed by atoms with Crippen LogP contribution in [0.25, 0.3) is 0 Å². The summed E-state index contributed by atoms with van der Waals surface area (Å²) >= 11 is 0. The maximum atomic E-state index is 10.3. The Balaban J connectivity index is 2.62. The zero-order valence-corrected chi connectivity index (χ0v) is 10.2. The molecule has 0 spiro atoms. The van der Waals surface area contributed by atoms with E-state index < -0.39 is 6.10 Å². The molecule has 1 heterocycles. The van der Waals surface area contributed by atoms with Gasteiger partial charge in [-0.05, 0) is 31.9 Å². The highest BCUT2D eigenvalue weighted by Gasteiger charge is 2.21. The van der Waals surface area contributed by atoms with E-state index in [9.17, 15) is 5.11 Å². The predicted molar refractivity (Wildman–Crippen MR) is 69.4 cm³/mol. The number of hydrogen-bond acceptors (Lipinski definition) is 2. The summed E-state index contributed by atoms with van der Waals surface area (Å²) in [7, 11) is 0. The molecule has 90 valence electrons. The van der Waals surface area contributed by atoms with Crippen molar-refractivity contribution in [2.45, 2.75) is 44.8 Å². The van der Waals surface area contributed by atoms with Crippen molar-refractivity contribution in [3.8, 4) is 0 Å². The van der Waals surface area contributed by atoms with E-state index >= 15 is 0 Å². The molecule has 2 N–H and O–H groups in total. The van der Waals surface area contributed by atoms with Gasteiger partial charge in [0, 0.05) is 6.04 Å². The molecule has 16 heavy (non-hydrogen) atoms. The van der Waals surface area contributed by atoms with E-state index in [1.165, 1.54) is 19.3 Å². The van der Waals surface area contributed by atoms with E-state index in [-0.39, 0.29) is 6.04 Å². The number of rotatable bonds is 4. The van der Waals surface area contributed by atoms with Crippen molar-refractivity contribution in [1.82, 2.24) is 5.32 Å². The van der Waals surface area contributed by atoms with Gasteiger partial charge in [-0.1, -0.05) is 43.7 Å². The first kappa shape index (κ1) is 13.2. The Bertz CT molecular complexity index is 260. The second-order valence-corrected chi connectivity index (χ2v) is 4.24. The summed E-state index contributed by atoms with van der Waals surface area (Å²) in [6.07, 6.45) is 11.9. The van der Waals surface area contributed by atoms with Crippen molar-refractivity contribution < 1.29 is 5.11 Å². The Morgan fingerprint density at radius 1 is 1.44 bits per heavy atom. The molecule has 0 bridgehead atoms. The first-order valence-corrected chi connectivity index (χ1v) is 6.16. The minimum atomic E-state index is -0.403. The van der Waals surface area contributed by atoms with E-state index in [1.54, 1.807) is 6.08 Å². The van der Waals surface area contributed by atoms with E-state index in [4.69, 9.17) is 0 Å². The van der Waals surface area contributed by atoms with Crippen LogP contribution < -0.4 is 5.32 Å². The monoisotopic (exact) mass is 221 g/mol. The quantitative estimate of drug-likeness (QED) is 0.715. The smallest absolute Gasteiger partial charge is 0.0939 e. The van der Waals surface area contributed by atoms with Crippen LogP contribution >= 0.6 is 0 Å². The third-order valence-electron chi connectivity index (χ3n) is 3.08. The van der Waals surface area contributed by atoms with Gasteiger partial charge in [0.2, 0.25) is 0 Å². The van der Waals surface area contributed by atoms with Gasteiger partial charge in [0.25, 0.3) is 0 Å². The fraction of sp³-hybridized carbons (Fsp3) is 0.571. The van der Waals surface area contributed by atoms with Crippen molar-refractivity contribution in [2.75, 3.05) is 6.54 Å². The van der Waals surface area contributed by atoms with Crippen LogP contribution in [0.2, 0.25) is 0 Å². The molecule has 1 saturated heterocycles. The van der Waals surface area contributed by atoms with E-state index in [0.29, 0.717) is 0 Å². The zero-order chi connectivity index (χ0) is 11.8. The first-order valence-electron chi connectivity index (χ1n) is 6.16. The van der Waals surface area contributed by atoms with Crippen LogP contribution in [0, 0.1) is 0 Å². The van der Waals surface area contributed by atoms with Crippen molar-refractivity contribution in [3.63, 3.8) is 0 Å². The van der Waals surface area contributed by atoms with Crippen molar-refractivity contribution >= 4 is 0 Å². The summed E-state index contributed by atoms with van der Waals surface area (Å²) in [5, 5.41) is 13.7. The number of allylic oxidation sites excluding steroid dienone is 3. The Hall–Kier alpha value is -0.860. The lowest BCUT2D eigenvalue weighted by atomic mass is 9.98. The molecule has 0 amide bonds. The highest BCUT2D eigenvalue weighted by atomic mass is 16.3. The molecule has 0 aromatic carbocycles. The maximum Gasteiger partial charge on any atom is 0.0939 e. The summed E-state index contributed by atoms with van der Waals surface area (Å²) in [5.74, 6) is 0. The summed E-state index contributed by atoms with van der Waals surface area (Å²) < 4.78 is 0. The van der Waals surface area contributed by atoms with Crippen LogP contribution in [0.5, 0.6) is 0 Å². The summed E-state index contributed by atoms with van der Waals surface area (Å²) in [4.78, 5) is 0. The Kier molecular flexibility index (Phi) is 6.12. The molecular weight excluding hydrogens is 198 g/mol. The van der Waals surface area contributed by atoms with Gasteiger partial charge in [0.05, 0.1) is 6.10 Å². The normalized spacial score (nSPS) is 25.4. The lowest BCUT2D eigenvalue weighted by molar-refractivity contribution is 0.161. The SMILES string of the molecule is C=C/C=C\C(=C/C)C(O)C1CCCCCN1. The van der Waals surface area contributed by atoms with Gasteiger partial charge >= 0.3 is 0 Å².